The summed E-state index contributed by atoms with van der Waals surface area (Å²) in [5.74, 6) is 0. The molecule has 0 amide bonds. The number of aliphatic hydroxyl groups excluding tert-OH is 1. The average Bonchev–Trinajstić information content (AvgIpc) is 1.90. The van der Waals surface area contributed by atoms with Crippen LogP contribution < -0.4 is 0 Å². The minimum Gasteiger partial charge on any atom is -0.387 e. The molecule has 1 aromatic heterocycles. The summed E-state index contributed by atoms with van der Waals surface area (Å²) in [4.78, 5) is 3.93. The van der Waals surface area contributed by atoms with Crippen LogP contribution in [0.15, 0.2) is 24.4 Å². The summed E-state index contributed by atoms with van der Waals surface area (Å²) in [6.07, 6.45) is 1.22. The van der Waals surface area contributed by atoms with Gasteiger partial charge in [-0.3, -0.25) is 4.98 Å². The number of halogens is 1. The van der Waals surface area contributed by atoms with Crippen molar-refractivity contribution in [3.05, 3.63) is 30.1 Å². The fourth-order valence-electron chi connectivity index (χ4n) is 0.623. The summed E-state index contributed by atoms with van der Waals surface area (Å²) >= 11 is 0. The van der Waals surface area contributed by atoms with Gasteiger partial charge in [0.25, 0.3) is 0 Å². The van der Waals surface area contributed by atoms with E-state index in [0.717, 1.165) is 5.69 Å². The summed E-state index contributed by atoms with van der Waals surface area (Å²) < 4.78 is 0. The first-order valence-corrected chi connectivity index (χ1v) is 2.89. The zero-order valence-electron chi connectivity index (χ0n) is 5.69. The molecule has 1 heterocycles. The van der Waals surface area contributed by atoms with Crippen LogP contribution in [0.5, 0.6) is 0 Å². The van der Waals surface area contributed by atoms with E-state index < -0.39 is 6.10 Å². The molecule has 0 saturated carbocycles. The summed E-state index contributed by atoms with van der Waals surface area (Å²) in [7, 11) is 0. The molecule has 0 aromatic carbocycles. The second-order valence-electron chi connectivity index (χ2n) is 1.93. The van der Waals surface area contributed by atoms with E-state index in [1.165, 1.54) is 0 Å². The Morgan fingerprint density at radius 3 is 2.50 bits per heavy atom. The van der Waals surface area contributed by atoms with Crippen LogP contribution in [-0.2, 0) is 0 Å². The van der Waals surface area contributed by atoms with Gasteiger partial charge in [-0.1, -0.05) is 6.07 Å². The van der Waals surface area contributed by atoms with Gasteiger partial charge in [0.2, 0.25) is 0 Å². The van der Waals surface area contributed by atoms with E-state index in [1.807, 2.05) is 12.1 Å². The van der Waals surface area contributed by atoms with Gasteiger partial charge in [0.1, 0.15) is 0 Å². The third kappa shape index (κ3) is 2.33. The van der Waals surface area contributed by atoms with Gasteiger partial charge in [0.15, 0.2) is 0 Å². The van der Waals surface area contributed by atoms with E-state index >= 15 is 0 Å². The normalized spacial score (nSPS) is 11.8. The molecule has 1 atom stereocenters. The number of aromatic nitrogens is 1. The molecule has 0 aliphatic rings. The van der Waals surface area contributed by atoms with Crippen molar-refractivity contribution in [3.8, 4) is 0 Å². The highest BCUT2D eigenvalue weighted by Gasteiger charge is 1.97. The molecular weight excluding hydrogens is 150 g/mol. The predicted octanol–water partition coefficient (Wildman–Crippen LogP) is 1.56. The molecule has 1 N–H and O–H groups in total. The number of rotatable bonds is 1. The highest BCUT2D eigenvalue weighted by atomic mass is 35.5. The monoisotopic (exact) mass is 159 g/mol. The Hall–Kier alpha value is -0.600. The smallest absolute Gasteiger partial charge is 0.0931 e. The molecule has 0 aliphatic heterocycles. The quantitative estimate of drug-likeness (QED) is 0.675. The molecule has 3 heteroatoms. The van der Waals surface area contributed by atoms with Crippen LogP contribution >= 0.6 is 12.4 Å². The lowest BCUT2D eigenvalue weighted by Crippen LogP contribution is -1.92. The van der Waals surface area contributed by atoms with Gasteiger partial charge in [0, 0.05) is 6.20 Å². The van der Waals surface area contributed by atoms with Crippen LogP contribution in [-0.4, -0.2) is 10.1 Å². The van der Waals surface area contributed by atoms with Crippen molar-refractivity contribution in [1.29, 1.82) is 0 Å². The van der Waals surface area contributed by atoms with Crippen molar-refractivity contribution >= 4 is 12.4 Å². The number of hydrogen-bond donors (Lipinski definition) is 1. The highest BCUT2D eigenvalue weighted by Crippen LogP contribution is 2.05. The Morgan fingerprint density at radius 1 is 1.50 bits per heavy atom. The molecule has 0 unspecified atom stereocenters. The molecule has 0 saturated heterocycles. The molecule has 0 spiro atoms. The number of nitrogens with zero attached hydrogens (tertiary/aromatic N) is 1. The summed E-state index contributed by atoms with van der Waals surface area (Å²) in [6.45, 7) is 1.70. The van der Waals surface area contributed by atoms with E-state index in [2.05, 4.69) is 4.98 Å². The van der Waals surface area contributed by atoms with Crippen molar-refractivity contribution in [2.24, 2.45) is 0 Å². The topological polar surface area (TPSA) is 33.1 Å². The fraction of sp³-hybridized carbons (Fsp3) is 0.286. The van der Waals surface area contributed by atoms with Crippen molar-refractivity contribution < 1.29 is 5.11 Å². The van der Waals surface area contributed by atoms with E-state index in [-0.39, 0.29) is 12.4 Å². The summed E-state index contributed by atoms with van der Waals surface area (Å²) in [5.41, 5.74) is 0.720. The van der Waals surface area contributed by atoms with Gasteiger partial charge in [-0.05, 0) is 19.1 Å². The van der Waals surface area contributed by atoms with E-state index in [0.29, 0.717) is 0 Å². The van der Waals surface area contributed by atoms with Crippen molar-refractivity contribution in [2.75, 3.05) is 0 Å². The van der Waals surface area contributed by atoms with Crippen LogP contribution in [0.1, 0.15) is 18.7 Å². The molecule has 0 aliphatic carbocycles. The lowest BCUT2D eigenvalue weighted by Gasteiger charge is -1.99. The first-order valence-electron chi connectivity index (χ1n) is 2.89. The van der Waals surface area contributed by atoms with Gasteiger partial charge in [0.05, 0.1) is 11.8 Å². The maximum Gasteiger partial charge on any atom is 0.0931 e. The molecule has 1 rings (SSSR count). The largest absolute Gasteiger partial charge is 0.387 e. The summed E-state index contributed by atoms with van der Waals surface area (Å²) in [5, 5.41) is 8.96. The molecule has 0 fully saturated rings. The van der Waals surface area contributed by atoms with Gasteiger partial charge >= 0.3 is 0 Å². The Labute approximate surface area is 66.3 Å². The fourth-order valence-corrected chi connectivity index (χ4v) is 0.623. The third-order valence-electron chi connectivity index (χ3n) is 1.12. The number of pyridine rings is 1. The Kier molecular flexibility index (Phi) is 4.00. The zero-order valence-corrected chi connectivity index (χ0v) is 6.51. The van der Waals surface area contributed by atoms with Gasteiger partial charge in [-0.25, -0.2) is 0 Å². The molecule has 0 radical (unpaired) electrons. The standard InChI is InChI=1S/C7H9NO.ClH/c1-6(9)7-4-2-3-5-8-7;/h2-6,9H,1H3;1H/t6-;/m0./s1. The Bertz CT molecular complexity index is 176. The minimum absolute atomic E-state index is 0. The first kappa shape index (κ1) is 9.40. The molecular formula is C7H10ClNO. The van der Waals surface area contributed by atoms with Crippen LogP contribution in [0, 0.1) is 0 Å². The average molecular weight is 160 g/mol. The third-order valence-corrected chi connectivity index (χ3v) is 1.12. The van der Waals surface area contributed by atoms with Gasteiger partial charge in [-0.2, -0.15) is 0 Å². The molecule has 0 bridgehead atoms. The van der Waals surface area contributed by atoms with Crippen LogP contribution in [0.3, 0.4) is 0 Å². The molecule has 2 nitrogen and oxygen atoms in total. The highest BCUT2D eigenvalue weighted by molar-refractivity contribution is 5.85. The lowest BCUT2D eigenvalue weighted by atomic mass is 10.2. The van der Waals surface area contributed by atoms with Crippen molar-refractivity contribution in [2.45, 2.75) is 13.0 Å². The number of aliphatic hydroxyl groups is 1. The SMILES string of the molecule is C[C@H](O)c1ccccn1.Cl. The van der Waals surface area contributed by atoms with Crippen LogP contribution in [0.2, 0.25) is 0 Å². The molecule has 1 aromatic rings. The van der Waals surface area contributed by atoms with Crippen molar-refractivity contribution in [1.82, 2.24) is 4.98 Å². The van der Waals surface area contributed by atoms with Gasteiger partial charge < -0.3 is 5.11 Å². The summed E-state index contributed by atoms with van der Waals surface area (Å²) in [6, 6.07) is 5.48. The predicted molar refractivity (Wildman–Crippen MR) is 42.1 cm³/mol. The van der Waals surface area contributed by atoms with Crippen LogP contribution in [0.25, 0.3) is 0 Å². The van der Waals surface area contributed by atoms with E-state index in [9.17, 15) is 0 Å². The Morgan fingerprint density at radius 2 is 2.20 bits per heavy atom. The zero-order chi connectivity index (χ0) is 6.69. The number of hydrogen-bond acceptors (Lipinski definition) is 2. The molecule has 10 heavy (non-hydrogen) atoms. The van der Waals surface area contributed by atoms with E-state index in [1.54, 1.807) is 19.2 Å². The second kappa shape index (κ2) is 4.25. The Balaban J connectivity index is 0.000000810. The minimum atomic E-state index is -0.453. The van der Waals surface area contributed by atoms with E-state index in [4.69, 9.17) is 5.11 Å². The molecule has 56 valence electrons. The lowest BCUT2D eigenvalue weighted by molar-refractivity contribution is 0.194. The van der Waals surface area contributed by atoms with Gasteiger partial charge in [-0.15, -0.1) is 12.4 Å². The van der Waals surface area contributed by atoms with Crippen molar-refractivity contribution in [3.63, 3.8) is 0 Å². The maximum absolute atomic E-state index is 8.96. The van der Waals surface area contributed by atoms with Crippen LogP contribution in [0.4, 0.5) is 0 Å². The maximum atomic E-state index is 8.96. The first-order chi connectivity index (χ1) is 4.30. The second-order valence-corrected chi connectivity index (χ2v) is 1.93.